The molecule has 1 aromatic rings. The molecule has 1 aliphatic rings. The molecule has 0 radical (unpaired) electrons. The lowest BCUT2D eigenvalue weighted by molar-refractivity contribution is -0.139. The Bertz CT molecular complexity index is 1040. The Morgan fingerprint density at radius 1 is 1.20 bits per heavy atom. The number of hydrogen-bond donors (Lipinski definition) is 2. The molecule has 2 N–H and O–H groups in total. The van der Waals surface area contributed by atoms with E-state index in [1.165, 1.54) is 26.2 Å². The molecule has 0 saturated carbocycles. The summed E-state index contributed by atoms with van der Waals surface area (Å²) in [7, 11) is 2.76. The number of halogens is 1. The Hall–Kier alpha value is -3.73. The number of nitrogens with zero attached hydrogens (tertiary/aromatic N) is 5. The summed E-state index contributed by atoms with van der Waals surface area (Å²) in [5, 5.41) is 23.1. The summed E-state index contributed by atoms with van der Waals surface area (Å²) in [6.07, 6.45) is 1.10. The van der Waals surface area contributed by atoms with Crippen molar-refractivity contribution in [2.75, 3.05) is 27.2 Å². The molecule has 2 amide bonds. The fraction of sp³-hybridized carbons (Fsp3) is 0.417. The van der Waals surface area contributed by atoms with E-state index in [4.69, 9.17) is 5.41 Å². The number of amides is 2. The van der Waals surface area contributed by atoms with Gasteiger partial charge in [0.25, 0.3) is 11.7 Å². The zero-order chi connectivity index (χ0) is 26.3. The van der Waals surface area contributed by atoms with Gasteiger partial charge in [0.2, 0.25) is 11.7 Å². The second-order valence-electron chi connectivity index (χ2n) is 8.68. The van der Waals surface area contributed by atoms with E-state index in [-0.39, 0.29) is 24.0 Å². The first-order valence-corrected chi connectivity index (χ1v) is 11.0. The van der Waals surface area contributed by atoms with Gasteiger partial charge in [0.05, 0.1) is 12.0 Å². The first-order valence-electron chi connectivity index (χ1n) is 11.0. The van der Waals surface area contributed by atoms with Crippen molar-refractivity contribution in [1.29, 1.82) is 5.41 Å². The van der Waals surface area contributed by atoms with Crippen molar-refractivity contribution in [2.45, 2.75) is 38.2 Å². The zero-order valence-corrected chi connectivity index (χ0v) is 20.3. The van der Waals surface area contributed by atoms with E-state index >= 15 is 0 Å². The van der Waals surface area contributed by atoms with Gasteiger partial charge in [-0.05, 0) is 37.5 Å². The number of Topliss-reactive ketones (excluding diaryl/α,β-unsaturated/α-hetero) is 1. The van der Waals surface area contributed by atoms with Crippen molar-refractivity contribution in [2.24, 2.45) is 10.1 Å². The Labute approximate surface area is 203 Å². The largest absolute Gasteiger partial charge is 0.389 e. The van der Waals surface area contributed by atoms with Crippen LogP contribution in [-0.2, 0) is 20.8 Å². The fourth-order valence-electron chi connectivity index (χ4n) is 3.65. The standard InChI is InChI=1S/C24H31FN6O4/c1-16(28-17(2)31(27-3)22(26)21(33)23(34)29(4)5)14-20(32)30-12-10-24(35,11-13-30)15-18-6-8-19(25)9-7-18/h6-9,26,35H,2-3,10-15H2,1,4-5H3/b26-22?,28-16-. The van der Waals surface area contributed by atoms with Crippen LogP contribution < -0.4 is 0 Å². The van der Waals surface area contributed by atoms with Gasteiger partial charge in [-0.2, -0.15) is 10.1 Å². The van der Waals surface area contributed by atoms with Crippen molar-refractivity contribution >= 4 is 35.9 Å². The number of benzene rings is 1. The molecule has 11 heteroatoms. The topological polar surface area (TPSA) is 130 Å². The van der Waals surface area contributed by atoms with E-state index in [0.29, 0.717) is 38.1 Å². The number of rotatable bonds is 9. The SMILES string of the molecule is C=NN(C(=C)/N=C(/C)CC(=O)N1CCC(O)(Cc2ccc(F)cc2)CC1)C(=N)C(=O)C(=O)N(C)C. The second-order valence-corrected chi connectivity index (χ2v) is 8.68. The van der Waals surface area contributed by atoms with Crippen LogP contribution in [-0.4, -0.2) is 88.6 Å². The average Bonchev–Trinajstić information content (AvgIpc) is 2.80. The molecule has 0 unspecified atom stereocenters. The van der Waals surface area contributed by atoms with Gasteiger partial charge in [0.15, 0.2) is 0 Å². The van der Waals surface area contributed by atoms with Gasteiger partial charge in [-0.15, -0.1) is 0 Å². The van der Waals surface area contributed by atoms with Crippen LogP contribution in [0.1, 0.15) is 31.7 Å². The van der Waals surface area contributed by atoms with Crippen LogP contribution in [0.3, 0.4) is 0 Å². The Morgan fingerprint density at radius 2 is 1.77 bits per heavy atom. The Balaban J connectivity index is 1.94. The molecule has 1 fully saturated rings. The summed E-state index contributed by atoms with van der Waals surface area (Å²) in [4.78, 5) is 43.5. The lowest BCUT2D eigenvalue weighted by atomic mass is 9.85. The van der Waals surface area contributed by atoms with Crippen molar-refractivity contribution in [3.05, 3.63) is 48.0 Å². The Morgan fingerprint density at radius 3 is 2.29 bits per heavy atom. The van der Waals surface area contributed by atoms with Crippen LogP contribution in [0.5, 0.6) is 0 Å². The summed E-state index contributed by atoms with van der Waals surface area (Å²) in [5.74, 6) is -3.44. The van der Waals surface area contributed by atoms with Crippen LogP contribution in [0.15, 0.2) is 46.8 Å². The van der Waals surface area contributed by atoms with Crippen LogP contribution in [0.2, 0.25) is 0 Å². The monoisotopic (exact) mass is 486 g/mol. The lowest BCUT2D eigenvalue weighted by Gasteiger charge is -2.38. The summed E-state index contributed by atoms with van der Waals surface area (Å²) in [6, 6.07) is 5.99. The van der Waals surface area contributed by atoms with Crippen LogP contribution >= 0.6 is 0 Å². The number of likely N-dealkylation sites (N-methyl/N-ethyl adjacent to an activating group) is 1. The number of ketones is 1. The van der Waals surface area contributed by atoms with Crippen LogP contribution in [0, 0.1) is 11.2 Å². The van der Waals surface area contributed by atoms with Gasteiger partial charge >= 0.3 is 0 Å². The van der Waals surface area contributed by atoms with Gasteiger partial charge < -0.3 is 14.9 Å². The van der Waals surface area contributed by atoms with E-state index in [1.807, 2.05) is 0 Å². The maximum absolute atomic E-state index is 13.1. The van der Waals surface area contributed by atoms with E-state index in [9.17, 15) is 23.9 Å². The minimum atomic E-state index is -1.10. The van der Waals surface area contributed by atoms with Crippen LogP contribution in [0.25, 0.3) is 0 Å². The Kier molecular flexibility index (Phi) is 9.12. The second kappa shape index (κ2) is 11.6. The minimum absolute atomic E-state index is 0.0434. The van der Waals surface area contributed by atoms with Crippen molar-refractivity contribution in [3.8, 4) is 0 Å². The molecule has 0 aliphatic carbocycles. The number of carbonyl (C=O) groups is 3. The third kappa shape index (κ3) is 7.38. The maximum atomic E-state index is 13.1. The summed E-state index contributed by atoms with van der Waals surface area (Å²) in [5.41, 5.74) is 0.214. The molecule has 1 saturated heterocycles. The molecule has 1 aromatic carbocycles. The highest BCUT2D eigenvalue weighted by atomic mass is 19.1. The van der Waals surface area contributed by atoms with Gasteiger partial charge in [-0.1, -0.05) is 18.7 Å². The summed E-state index contributed by atoms with van der Waals surface area (Å²) < 4.78 is 13.1. The van der Waals surface area contributed by atoms with E-state index in [2.05, 4.69) is 23.4 Å². The van der Waals surface area contributed by atoms with Crippen LogP contribution in [0.4, 0.5) is 4.39 Å². The molecule has 0 bridgehead atoms. The molecule has 2 rings (SSSR count). The molecule has 188 valence electrons. The van der Waals surface area contributed by atoms with Gasteiger partial charge in [0, 0.05) is 46.0 Å². The highest BCUT2D eigenvalue weighted by molar-refractivity contribution is 6.63. The number of hydrazone groups is 1. The third-order valence-corrected chi connectivity index (χ3v) is 5.63. The summed E-state index contributed by atoms with van der Waals surface area (Å²) in [6.45, 7) is 9.26. The first kappa shape index (κ1) is 27.5. The van der Waals surface area contributed by atoms with Crippen molar-refractivity contribution in [1.82, 2.24) is 14.8 Å². The predicted octanol–water partition coefficient (Wildman–Crippen LogP) is 1.60. The molecular formula is C24H31FN6O4. The quantitative estimate of drug-likeness (QED) is 0.237. The first-order chi connectivity index (χ1) is 16.4. The third-order valence-electron chi connectivity index (χ3n) is 5.63. The molecular weight excluding hydrogens is 455 g/mol. The average molecular weight is 487 g/mol. The molecule has 0 spiro atoms. The summed E-state index contributed by atoms with van der Waals surface area (Å²) >= 11 is 0. The number of piperidine rings is 1. The molecule has 35 heavy (non-hydrogen) atoms. The molecule has 1 heterocycles. The van der Waals surface area contributed by atoms with Crippen molar-refractivity contribution in [3.63, 3.8) is 0 Å². The molecule has 1 aliphatic heterocycles. The highest BCUT2D eigenvalue weighted by Crippen LogP contribution is 2.27. The number of aliphatic hydroxyl groups is 1. The number of hydrogen-bond acceptors (Lipinski definition) is 7. The highest BCUT2D eigenvalue weighted by Gasteiger charge is 2.34. The lowest BCUT2D eigenvalue weighted by Crippen LogP contribution is -2.48. The number of amidine groups is 1. The number of likely N-dealkylation sites (tertiary alicyclic amines) is 1. The fourth-order valence-corrected chi connectivity index (χ4v) is 3.65. The molecule has 0 aromatic heterocycles. The zero-order valence-electron chi connectivity index (χ0n) is 20.3. The normalized spacial score (nSPS) is 15.2. The van der Waals surface area contributed by atoms with Crippen molar-refractivity contribution < 1.29 is 23.9 Å². The number of aliphatic imine (C=N–C) groups is 1. The predicted molar refractivity (Wildman–Crippen MR) is 131 cm³/mol. The van der Waals surface area contributed by atoms with E-state index in [0.717, 1.165) is 15.5 Å². The number of carbonyl (C=O) groups excluding carboxylic acids is 3. The maximum Gasteiger partial charge on any atom is 0.297 e. The van der Waals surface area contributed by atoms with Gasteiger partial charge in [0.1, 0.15) is 11.6 Å². The van der Waals surface area contributed by atoms with Gasteiger partial charge in [-0.25, -0.2) is 9.38 Å². The number of nitrogens with one attached hydrogen (secondary N) is 1. The molecule has 0 atom stereocenters. The smallest absolute Gasteiger partial charge is 0.297 e. The van der Waals surface area contributed by atoms with E-state index in [1.54, 1.807) is 24.0 Å². The van der Waals surface area contributed by atoms with E-state index < -0.39 is 23.1 Å². The van der Waals surface area contributed by atoms with Gasteiger partial charge in [-0.3, -0.25) is 19.8 Å². The molecule has 10 nitrogen and oxygen atoms in total. The minimum Gasteiger partial charge on any atom is -0.389 e.